The van der Waals surface area contributed by atoms with E-state index >= 15 is 0 Å². The molecule has 10 heteroatoms. The molecular formula is C68H124NO8P. The molecule has 9 nitrogen and oxygen atoms in total. The van der Waals surface area contributed by atoms with Crippen LogP contribution in [0.3, 0.4) is 0 Å². The van der Waals surface area contributed by atoms with Crippen LogP contribution in [-0.4, -0.2) is 70.0 Å². The van der Waals surface area contributed by atoms with Crippen LogP contribution in [0.25, 0.3) is 0 Å². The van der Waals surface area contributed by atoms with E-state index in [0.717, 1.165) is 70.6 Å². The van der Waals surface area contributed by atoms with Crippen molar-refractivity contribution in [3.05, 3.63) is 72.9 Å². The number of carbonyl (C=O) groups is 2. The molecule has 0 aliphatic heterocycles. The zero-order valence-electron chi connectivity index (χ0n) is 51.6. The normalized spacial score (nSPS) is 13.7. The maximum Gasteiger partial charge on any atom is 0.306 e. The van der Waals surface area contributed by atoms with Gasteiger partial charge < -0.3 is 27.9 Å². The molecule has 0 aliphatic carbocycles. The first kappa shape index (κ1) is 75.5. The number of phosphoric acid groups is 1. The molecule has 0 aromatic heterocycles. The van der Waals surface area contributed by atoms with Gasteiger partial charge in [0.2, 0.25) is 0 Å². The summed E-state index contributed by atoms with van der Waals surface area (Å²) >= 11 is 0. The number of unbranched alkanes of at least 4 members (excludes halogenated alkanes) is 34. The number of phosphoric ester groups is 1. The highest BCUT2D eigenvalue weighted by Crippen LogP contribution is 2.38. The number of quaternary nitrogens is 1. The van der Waals surface area contributed by atoms with Crippen molar-refractivity contribution in [2.24, 2.45) is 0 Å². The number of hydrogen-bond acceptors (Lipinski definition) is 8. The van der Waals surface area contributed by atoms with E-state index in [1.807, 2.05) is 21.1 Å². The summed E-state index contributed by atoms with van der Waals surface area (Å²) in [6, 6.07) is 0. The van der Waals surface area contributed by atoms with Gasteiger partial charge in [-0.15, -0.1) is 0 Å². The number of likely N-dealkylation sites (N-methyl/N-ethyl adjacent to an activating group) is 1. The van der Waals surface area contributed by atoms with Gasteiger partial charge >= 0.3 is 11.9 Å². The number of nitrogens with zero attached hydrogens (tertiary/aromatic N) is 1. The summed E-state index contributed by atoms with van der Waals surface area (Å²) in [6.45, 7) is 4.11. The van der Waals surface area contributed by atoms with E-state index < -0.39 is 32.5 Å². The molecule has 0 rings (SSSR count). The molecular weight excluding hydrogens is 990 g/mol. The fourth-order valence-corrected chi connectivity index (χ4v) is 9.98. The van der Waals surface area contributed by atoms with Crippen LogP contribution in [0.4, 0.5) is 0 Å². The number of carbonyl (C=O) groups excluding carboxylic acids is 2. The van der Waals surface area contributed by atoms with E-state index in [4.69, 9.17) is 18.5 Å². The molecule has 0 fully saturated rings. The molecule has 0 radical (unpaired) electrons. The highest BCUT2D eigenvalue weighted by molar-refractivity contribution is 7.45. The minimum atomic E-state index is -4.65. The Morgan fingerprint density at radius 2 is 0.731 bits per heavy atom. The Bertz CT molecular complexity index is 1550. The lowest BCUT2D eigenvalue weighted by Gasteiger charge is -2.28. The number of ether oxygens (including phenoxy) is 2. The van der Waals surface area contributed by atoms with Crippen molar-refractivity contribution in [1.82, 2.24) is 0 Å². The molecule has 0 amide bonds. The number of esters is 2. The van der Waals surface area contributed by atoms with E-state index in [-0.39, 0.29) is 26.1 Å². The van der Waals surface area contributed by atoms with Gasteiger partial charge in [0, 0.05) is 12.8 Å². The summed E-state index contributed by atoms with van der Waals surface area (Å²) in [4.78, 5) is 37.9. The van der Waals surface area contributed by atoms with Crippen molar-refractivity contribution in [3.63, 3.8) is 0 Å². The molecule has 0 aromatic carbocycles. The smallest absolute Gasteiger partial charge is 0.306 e. The summed E-state index contributed by atoms with van der Waals surface area (Å²) in [5.41, 5.74) is 0. The number of rotatable bonds is 60. The summed E-state index contributed by atoms with van der Waals surface area (Å²) < 4.78 is 34.2. The van der Waals surface area contributed by atoms with Gasteiger partial charge in [-0.25, -0.2) is 0 Å². The maximum atomic E-state index is 12.8. The Kier molecular flexibility index (Phi) is 57.2. The van der Waals surface area contributed by atoms with Gasteiger partial charge in [0.1, 0.15) is 19.8 Å². The van der Waals surface area contributed by atoms with Crippen molar-refractivity contribution in [3.8, 4) is 0 Å². The van der Waals surface area contributed by atoms with Gasteiger partial charge in [-0.1, -0.05) is 292 Å². The first-order valence-electron chi connectivity index (χ1n) is 32.6. The first-order valence-corrected chi connectivity index (χ1v) is 34.1. The third kappa shape index (κ3) is 62.6. The monoisotopic (exact) mass is 1110 g/mol. The van der Waals surface area contributed by atoms with Gasteiger partial charge in [-0.3, -0.25) is 14.2 Å². The molecule has 2 atom stereocenters. The fourth-order valence-electron chi connectivity index (χ4n) is 9.25. The van der Waals surface area contributed by atoms with E-state index in [1.165, 1.54) is 193 Å². The molecule has 0 bridgehead atoms. The third-order valence-electron chi connectivity index (χ3n) is 14.2. The summed E-state index contributed by atoms with van der Waals surface area (Å²) in [6.07, 6.45) is 78.5. The van der Waals surface area contributed by atoms with E-state index in [9.17, 15) is 19.0 Å². The Balaban J connectivity index is 4.05. The molecule has 454 valence electrons. The van der Waals surface area contributed by atoms with Crippen molar-refractivity contribution in [2.75, 3.05) is 47.5 Å². The number of allylic oxidation sites excluding steroid dienone is 12. The highest BCUT2D eigenvalue weighted by Gasteiger charge is 2.22. The fraction of sp³-hybridized carbons (Fsp3) is 0.794. The van der Waals surface area contributed by atoms with Crippen molar-refractivity contribution in [1.29, 1.82) is 0 Å². The van der Waals surface area contributed by atoms with Crippen molar-refractivity contribution in [2.45, 2.75) is 302 Å². The van der Waals surface area contributed by atoms with Crippen LogP contribution < -0.4 is 4.89 Å². The second-order valence-electron chi connectivity index (χ2n) is 23.1. The molecule has 0 heterocycles. The maximum absolute atomic E-state index is 12.8. The second kappa shape index (κ2) is 59.1. The lowest BCUT2D eigenvalue weighted by Crippen LogP contribution is -2.37. The Morgan fingerprint density at radius 3 is 1.09 bits per heavy atom. The molecule has 0 aromatic rings. The average molecular weight is 1110 g/mol. The third-order valence-corrected chi connectivity index (χ3v) is 15.2. The molecule has 2 unspecified atom stereocenters. The van der Waals surface area contributed by atoms with E-state index in [2.05, 4.69) is 86.8 Å². The minimum absolute atomic E-state index is 0.0414. The van der Waals surface area contributed by atoms with Crippen molar-refractivity contribution < 1.29 is 42.1 Å². The van der Waals surface area contributed by atoms with Crippen LogP contribution in [0.1, 0.15) is 296 Å². The van der Waals surface area contributed by atoms with Gasteiger partial charge in [0.15, 0.2) is 6.10 Å². The van der Waals surface area contributed by atoms with Crippen molar-refractivity contribution >= 4 is 19.8 Å². The van der Waals surface area contributed by atoms with Crippen LogP contribution in [0.5, 0.6) is 0 Å². The Hall–Kier alpha value is -2.55. The molecule has 78 heavy (non-hydrogen) atoms. The molecule has 0 aliphatic rings. The molecule has 0 spiro atoms. The quantitative estimate of drug-likeness (QED) is 0.0195. The molecule has 0 saturated carbocycles. The minimum Gasteiger partial charge on any atom is -0.756 e. The van der Waals surface area contributed by atoms with Gasteiger partial charge in [0.25, 0.3) is 7.82 Å². The SMILES string of the molecule is CC/C=C\C/C=C\C/C=C\C/C=C\C/C=C\C/C=C\CCCCC(=O)OC(COC(=O)CCCCCCCCCCCCCCCCCCCCCCCCCCCCCCCCCCC)COP(=O)([O-])OCC[N+](C)(C)C. The predicted octanol–water partition coefficient (Wildman–Crippen LogP) is 20.2. The second-order valence-corrected chi connectivity index (χ2v) is 24.5. The zero-order valence-corrected chi connectivity index (χ0v) is 52.5. The van der Waals surface area contributed by atoms with Crippen LogP contribution in [0.15, 0.2) is 72.9 Å². The molecule has 0 N–H and O–H groups in total. The van der Waals surface area contributed by atoms with Gasteiger partial charge in [-0.05, 0) is 64.2 Å². The van der Waals surface area contributed by atoms with Gasteiger partial charge in [0.05, 0.1) is 27.7 Å². The molecule has 0 saturated heterocycles. The number of hydrogen-bond donors (Lipinski definition) is 0. The van der Waals surface area contributed by atoms with Crippen LogP contribution >= 0.6 is 7.82 Å². The lowest BCUT2D eigenvalue weighted by atomic mass is 10.0. The van der Waals surface area contributed by atoms with Crippen LogP contribution in [0, 0.1) is 0 Å². The first-order chi connectivity index (χ1) is 38.0. The van der Waals surface area contributed by atoms with Gasteiger partial charge in [-0.2, -0.15) is 0 Å². The topological polar surface area (TPSA) is 111 Å². The lowest BCUT2D eigenvalue weighted by molar-refractivity contribution is -0.870. The summed E-state index contributed by atoms with van der Waals surface area (Å²) in [5.74, 6) is -0.877. The standard InChI is InChI=1S/C68H124NO8P/c1-6-8-10-12-14-16-18-20-22-24-26-28-29-30-31-32-33-34-35-36-37-38-39-41-42-44-46-48-50-52-54-56-58-60-67(70)74-64-66(65-76-78(72,73)75-63-62-69(3,4)5)77-68(71)61-59-57-55-53-51-49-47-45-43-40-27-25-23-21-19-17-15-13-11-9-7-2/h9,11,15,17,21,23,27,40,45,47,51,53,66H,6-8,10,12-14,16,18-20,22,24-26,28-39,41-44,46,48-50,52,54-65H2,1-5H3/b11-9-,17-15-,23-21-,40-27-,47-45-,53-51-. The van der Waals surface area contributed by atoms with E-state index in [0.29, 0.717) is 17.4 Å². The Morgan fingerprint density at radius 1 is 0.410 bits per heavy atom. The van der Waals surface area contributed by atoms with E-state index in [1.54, 1.807) is 0 Å². The highest BCUT2D eigenvalue weighted by atomic mass is 31.2. The summed E-state index contributed by atoms with van der Waals surface area (Å²) in [5, 5.41) is 0. The van der Waals surface area contributed by atoms with Crippen LogP contribution in [-0.2, 0) is 32.7 Å². The van der Waals surface area contributed by atoms with Crippen LogP contribution in [0.2, 0.25) is 0 Å². The predicted molar refractivity (Wildman–Crippen MR) is 333 cm³/mol. The summed E-state index contributed by atoms with van der Waals surface area (Å²) in [7, 11) is 1.14. The zero-order chi connectivity index (χ0) is 57.0. The average Bonchev–Trinajstić information content (AvgIpc) is 3.41. The Labute approximate surface area is 482 Å². The largest absolute Gasteiger partial charge is 0.756 e.